The Morgan fingerprint density at radius 1 is 1.26 bits per heavy atom. The van der Waals surface area contributed by atoms with Gasteiger partial charge in [-0.25, -0.2) is 8.42 Å². The molecule has 1 N–H and O–H groups in total. The van der Waals surface area contributed by atoms with Crippen molar-refractivity contribution >= 4 is 21.4 Å². The molecule has 0 aromatic carbocycles. The molecule has 0 saturated carbocycles. The van der Waals surface area contributed by atoms with Gasteiger partial charge in [0.2, 0.25) is 10.0 Å². The van der Waals surface area contributed by atoms with E-state index in [1.54, 1.807) is 11.4 Å². The maximum Gasteiger partial charge on any atom is 0.243 e. The second-order valence-electron chi connectivity index (χ2n) is 4.61. The molecule has 7 heteroatoms. The van der Waals surface area contributed by atoms with E-state index in [9.17, 15) is 8.42 Å². The minimum atomic E-state index is -3.44. The number of aliphatic hydroxyl groups excluding tert-OH is 1. The summed E-state index contributed by atoms with van der Waals surface area (Å²) in [7, 11) is 0.401. The Labute approximate surface area is 119 Å². The van der Waals surface area contributed by atoms with Gasteiger partial charge in [0.15, 0.2) is 0 Å². The van der Waals surface area contributed by atoms with Gasteiger partial charge in [0.1, 0.15) is 0 Å². The van der Waals surface area contributed by atoms with Gasteiger partial charge in [-0.15, -0.1) is 11.3 Å². The summed E-state index contributed by atoms with van der Waals surface area (Å²) in [4.78, 5) is 2.92. The van der Waals surface area contributed by atoms with Crippen molar-refractivity contribution in [3.63, 3.8) is 0 Å². The monoisotopic (exact) mass is 306 g/mol. The second kappa shape index (κ2) is 7.35. The molecule has 0 bridgehead atoms. The summed E-state index contributed by atoms with van der Waals surface area (Å²) >= 11 is 1.27. The van der Waals surface area contributed by atoms with Crippen LogP contribution in [0, 0.1) is 0 Å². The predicted molar refractivity (Wildman–Crippen MR) is 77.8 cm³/mol. The number of nitrogens with zero attached hydrogens (tertiary/aromatic N) is 2. The van der Waals surface area contributed by atoms with Crippen LogP contribution in [0.3, 0.4) is 0 Å². The van der Waals surface area contributed by atoms with Crippen molar-refractivity contribution in [2.24, 2.45) is 0 Å². The summed E-state index contributed by atoms with van der Waals surface area (Å²) in [6.45, 7) is 3.53. The molecule has 0 spiro atoms. The summed E-state index contributed by atoms with van der Waals surface area (Å²) in [6.07, 6.45) is 0.781. The van der Waals surface area contributed by atoms with Gasteiger partial charge in [0.25, 0.3) is 0 Å². The second-order valence-corrected chi connectivity index (χ2v) is 7.55. The van der Waals surface area contributed by atoms with Crippen LogP contribution in [-0.2, 0) is 16.6 Å². The van der Waals surface area contributed by atoms with Crippen LogP contribution >= 0.6 is 11.3 Å². The Balaban J connectivity index is 2.91. The number of hydrogen-bond donors (Lipinski definition) is 1. The third-order valence-electron chi connectivity index (χ3n) is 2.69. The first-order valence-electron chi connectivity index (χ1n) is 6.25. The van der Waals surface area contributed by atoms with Gasteiger partial charge < -0.3 is 10.0 Å². The van der Waals surface area contributed by atoms with Crippen molar-refractivity contribution in [1.29, 1.82) is 0 Å². The molecule has 0 atom stereocenters. The van der Waals surface area contributed by atoms with E-state index in [-0.39, 0.29) is 11.5 Å². The van der Waals surface area contributed by atoms with Crippen LogP contribution in [0.1, 0.15) is 18.2 Å². The van der Waals surface area contributed by atoms with E-state index >= 15 is 0 Å². The molecule has 0 unspecified atom stereocenters. The number of likely N-dealkylation sites (N-methyl/N-ethyl adjacent to an activating group) is 1. The third kappa shape index (κ3) is 4.54. The van der Waals surface area contributed by atoms with Crippen molar-refractivity contribution in [2.45, 2.75) is 24.8 Å². The Hall–Kier alpha value is -0.470. The summed E-state index contributed by atoms with van der Waals surface area (Å²) in [6, 6.07) is 1.55. The molecular weight excluding hydrogens is 284 g/mol. The van der Waals surface area contributed by atoms with Crippen molar-refractivity contribution in [1.82, 2.24) is 9.21 Å². The first-order chi connectivity index (χ1) is 8.91. The molecule has 0 amide bonds. The smallest absolute Gasteiger partial charge is 0.243 e. The lowest BCUT2D eigenvalue weighted by Crippen LogP contribution is -2.37. The van der Waals surface area contributed by atoms with E-state index in [0.29, 0.717) is 24.5 Å². The molecule has 110 valence electrons. The van der Waals surface area contributed by atoms with E-state index in [2.05, 4.69) is 0 Å². The largest absolute Gasteiger partial charge is 0.391 e. The molecule has 0 aliphatic carbocycles. The average Bonchev–Trinajstić information content (AvgIpc) is 2.83. The summed E-state index contributed by atoms with van der Waals surface area (Å²) in [5, 5.41) is 10.6. The van der Waals surface area contributed by atoms with Crippen LogP contribution in [0.4, 0.5) is 0 Å². The van der Waals surface area contributed by atoms with Gasteiger partial charge in [-0.3, -0.25) is 0 Å². The molecule has 0 aliphatic heterocycles. The fourth-order valence-corrected chi connectivity index (χ4v) is 4.29. The molecule has 1 rings (SSSR count). The SMILES string of the molecule is CCCN(CCN(C)C)S(=O)(=O)c1csc(CO)c1. The van der Waals surface area contributed by atoms with Crippen LogP contribution in [0.2, 0.25) is 0 Å². The highest BCUT2D eigenvalue weighted by molar-refractivity contribution is 7.89. The molecular formula is C12H22N2O3S2. The molecule has 0 saturated heterocycles. The average molecular weight is 306 g/mol. The predicted octanol–water partition coefficient (Wildman–Crippen LogP) is 1.20. The first-order valence-corrected chi connectivity index (χ1v) is 8.57. The Bertz CT molecular complexity index is 483. The molecule has 1 aromatic heterocycles. The Morgan fingerprint density at radius 2 is 1.95 bits per heavy atom. The first kappa shape index (κ1) is 16.6. The van der Waals surface area contributed by atoms with Gasteiger partial charge in [-0.1, -0.05) is 6.92 Å². The number of hydrogen-bond acceptors (Lipinski definition) is 5. The minimum Gasteiger partial charge on any atom is -0.391 e. The third-order valence-corrected chi connectivity index (χ3v) is 5.64. The van der Waals surface area contributed by atoms with E-state index in [1.165, 1.54) is 15.6 Å². The highest BCUT2D eigenvalue weighted by Gasteiger charge is 2.24. The van der Waals surface area contributed by atoms with Crippen molar-refractivity contribution in [3.05, 3.63) is 16.3 Å². The number of aliphatic hydroxyl groups is 1. The zero-order valence-corrected chi connectivity index (χ0v) is 13.3. The normalized spacial score (nSPS) is 12.5. The molecule has 19 heavy (non-hydrogen) atoms. The molecule has 0 fully saturated rings. The Morgan fingerprint density at radius 3 is 2.42 bits per heavy atom. The van der Waals surface area contributed by atoms with Crippen molar-refractivity contribution < 1.29 is 13.5 Å². The van der Waals surface area contributed by atoms with E-state index in [0.717, 1.165) is 6.42 Å². The zero-order valence-electron chi connectivity index (χ0n) is 11.7. The molecule has 1 aromatic rings. The molecule has 0 radical (unpaired) electrons. The van der Waals surface area contributed by atoms with Crippen LogP contribution in [0.5, 0.6) is 0 Å². The van der Waals surface area contributed by atoms with Crippen LogP contribution < -0.4 is 0 Å². The maximum absolute atomic E-state index is 12.5. The van der Waals surface area contributed by atoms with Crippen molar-refractivity contribution in [3.8, 4) is 0 Å². The highest BCUT2D eigenvalue weighted by Crippen LogP contribution is 2.22. The lowest BCUT2D eigenvalue weighted by atomic mass is 10.4. The number of sulfonamides is 1. The maximum atomic E-state index is 12.5. The van der Waals surface area contributed by atoms with E-state index in [4.69, 9.17) is 5.11 Å². The van der Waals surface area contributed by atoms with Crippen molar-refractivity contribution in [2.75, 3.05) is 33.7 Å². The fourth-order valence-electron chi connectivity index (χ4n) is 1.64. The van der Waals surface area contributed by atoms with Crippen LogP contribution in [-0.4, -0.2) is 56.5 Å². The number of thiophene rings is 1. The topological polar surface area (TPSA) is 60.9 Å². The molecule has 0 aliphatic rings. The highest BCUT2D eigenvalue weighted by atomic mass is 32.2. The minimum absolute atomic E-state index is 0.119. The zero-order chi connectivity index (χ0) is 14.5. The standard InChI is InChI=1S/C12H22N2O3S2/c1-4-5-14(7-6-13(2)3)19(16,17)12-8-11(9-15)18-10-12/h8,10,15H,4-7,9H2,1-3H3. The van der Waals surface area contributed by atoms with E-state index < -0.39 is 10.0 Å². The van der Waals surface area contributed by atoms with Crippen LogP contribution in [0.25, 0.3) is 0 Å². The van der Waals surface area contributed by atoms with E-state index in [1.807, 2.05) is 25.9 Å². The number of rotatable bonds is 8. The fraction of sp³-hybridized carbons (Fsp3) is 0.667. The van der Waals surface area contributed by atoms with Gasteiger partial charge in [-0.2, -0.15) is 4.31 Å². The molecule has 5 nitrogen and oxygen atoms in total. The Kier molecular flexibility index (Phi) is 6.41. The van der Waals surface area contributed by atoms with Gasteiger partial charge in [-0.05, 0) is 26.6 Å². The lowest BCUT2D eigenvalue weighted by molar-refractivity contribution is 0.285. The van der Waals surface area contributed by atoms with Gasteiger partial charge >= 0.3 is 0 Å². The summed E-state index contributed by atoms with van der Waals surface area (Å²) in [5.41, 5.74) is 0. The summed E-state index contributed by atoms with van der Waals surface area (Å²) < 4.78 is 26.5. The summed E-state index contributed by atoms with van der Waals surface area (Å²) in [5.74, 6) is 0. The van der Waals surface area contributed by atoms with Crippen LogP contribution in [0.15, 0.2) is 16.3 Å². The van der Waals surface area contributed by atoms with Gasteiger partial charge in [0, 0.05) is 29.9 Å². The quantitative estimate of drug-likeness (QED) is 0.784. The van der Waals surface area contributed by atoms with Gasteiger partial charge in [0.05, 0.1) is 11.5 Å². The molecule has 1 heterocycles. The lowest BCUT2D eigenvalue weighted by Gasteiger charge is -2.22.